The maximum atomic E-state index is 4.14. The summed E-state index contributed by atoms with van der Waals surface area (Å²) in [5.41, 5.74) is 1.09. The normalized spacial score (nSPS) is 24.1. The molecule has 0 aliphatic heterocycles. The Labute approximate surface area is 101 Å². The van der Waals surface area contributed by atoms with Crippen LogP contribution in [0.3, 0.4) is 0 Å². The van der Waals surface area contributed by atoms with Gasteiger partial charge in [-0.25, -0.2) is 9.67 Å². The average Bonchev–Trinajstić information content (AvgIpc) is 2.75. The van der Waals surface area contributed by atoms with Crippen LogP contribution in [0.1, 0.15) is 19.3 Å². The molecule has 2 aromatic rings. The number of aryl methyl sites for hydroxylation is 1. The van der Waals surface area contributed by atoms with Gasteiger partial charge in [0.05, 0.1) is 0 Å². The Balaban J connectivity index is 0.000000147. The molecular formula is C14H17N3. The van der Waals surface area contributed by atoms with Crippen LogP contribution in [0.2, 0.25) is 0 Å². The van der Waals surface area contributed by atoms with E-state index in [4.69, 9.17) is 0 Å². The molecule has 17 heavy (non-hydrogen) atoms. The predicted octanol–water partition coefficient (Wildman–Crippen LogP) is 2.90. The van der Waals surface area contributed by atoms with Crippen LogP contribution in [0.25, 0.3) is 11.4 Å². The highest BCUT2D eigenvalue weighted by Crippen LogP contribution is 2.55. The minimum Gasteiger partial charge on any atom is -0.249 e. The van der Waals surface area contributed by atoms with Crippen molar-refractivity contribution in [3.63, 3.8) is 0 Å². The van der Waals surface area contributed by atoms with E-state index in [2.05, 4.69) is 10.1 Å². The smallest absolute Gasteiger partial charge is 0.157 e. The molecule has 0 radical (unpaired) electrons. The molecule has 0 saturated heterocycles. The lowest BCUT2D eigenvalue weighted by Gasteiger charge is -2.04. The summed E-state index contributed by atoms with van der Waals surface area (Å²) >= 11 is 0. The molecule has 88 valence electrons. The molecule has 1 aromatic heterocycles. The molecule has 1 aromatic carbocycles. The lowest BCUT2D eigenvalue weighted by molar-refractivity contribution is 0.468. The van der Waals surface area contributed by atoms with Crippen LogP contribution < -0.4 is 0 Å². The van der Waals surface area contributed by atoms with Crippen molar-refractivity contribution in [2.75, 3.05) is 0 Å². The number of benzene rings is 1. The Morgan fingerprint density at radius 2 is 1.82 bits per heavy atom. The molecule has 0 N–H and O–H groups in total. The summed E-state index contributed by atoms with van der Waals surface area (Å²) in [6, 6.07) is 10.0. The first kappa shape index (κ1) is 10.5. The number of hydrogen-bond donors (Lipinski definition) is 0. The van der Waals surface area contributed by atoms with E-state index in [1.165, 1.54) is 11.8 Å². The van der Waals surface area contributed by atoms with Gasteiger partial charge < -0.3 is 0 Å². The average molecular weight is 227 g/mol. The van der Waals surface area contributed by atoms with E-state index in [1.807, 2.05) is 37.4 Å². The van der Waals surface area contributed by atoms with Gasteiger partial charge in [-0.3, -0.25) is 0 Å². The van der Waals surface area contributed by atoms with Gasteiger partial charge in [-0.15, -0.1) is 0 Å². The number of nitrogens with zero attached hydrogens (tertiary/aromatic N) is 3. The van der Waals surface area contributed by atoms with Crippen molar-refractivity contribution in [3.05, 3.63) is 36.7 Å². The third kappa shape index (κ3) is 2.23. The maximum absolute atomic E-state index is 4.14. The van der Waals surface area contributed by atoms with Gasteiger partial charge in [-0.1, -0.05) is 30.3 Å². The summed E-state index contributed by atoms with van der Waals surface area (Å²) < 4.78 is 1.76. The number of rotatable bonds is 1. The molecule has 2 unspecified atom stereocenters. The highest BCUT2D eigenvalue weighted by Gasteiger charge is 2.44. The van der Waals surface area contributed by atoms with Crippen molar-refractivity contribution in [2.45, 2.75) is 19.3 Å². The molecule has 3 nitrogen and oxygen atoms in total. The Morgan fingerprint density at radius 3 is 2.24 bits per heavy atom. The van der Waals surface area contributed by atoms with Gasteiger partial charge in [-0.05, 0) is 31.1 Å². The van der Waals surface area contributed by atoms with Crippen LogP contribution in [0, 0.1) is 11.8 Å². The Hall–Kier alpha value is -1.64. The summed E-state index contributed by atoms with van der Waals surface area (Å²) in [5, 5.41) is 4.00. The molecule has 2 saturated carbocycles. The molecule has 2 aliphatic rings. The Kier molecular flexibility index (Phi) is 2.67. The van der Waals surface area contributed by atoms with Gasteiger partial charge in [0, 0.05) is 12.6 Å². The molecule has 4 rings (SSSR count). The molecule has 2 fully saturated rings. The minimum atomic E-state index is 0.899. The first-order valence-electron chi connectivity index (χ1n) is 6.24. The van der Waals surface area contributed by atoms with Gasteiger partial charge in [-0.2, -0.15) is 5.10 Å². The largest absolute Gasteiger partial charge is 0.249 e. The van der Waals surface area contributed by atoms with Crippen LogP contribution in [0.5, 0.6) is 0 Å². The molecule has 1 heterocycles. The van der Waals surface area contributed by atoms with Crippen molar-refractivity contribution >= 4 is 0 Å². The molecule has 0 bridgehead atoms. The molecule has 0 amide bonds. The summed E-state index contributed by atoms with van der Waals surface area (Å²) in [6.07, 6.45) is 6.26. The fourth-order valence-electron chi connectivity index (χ4n) is 2.33. The van der Waals surface area contributed by atoms with E-state index in [0.717, 1.165) is 11.4 Å². The first-order chi connectivity index (χ1) is 8.34. The van der Waals surface area contributed by atoms with Crippen molar-refractivity contribution in [3.8, 4) is 11.4 Å². The van der Waals surface area contributed by atoms with Gasteiger partial charge in [0.1, 0.15) is 6.33 Å². The molecule has 0 spiro atoms. The highest BCUT2D eigenvalue weighted by atomic mass is 15.3. The third-order valence-electron chi connectivity index (χ3n) is 3.72. The SMILES string of the molecule is C1CC2CC12.Cn1ncnc1-c1ccccc1. The predicted molar refractivity (Wildman–Crippen MR) is 67.3 cm³/mol. The lowest BCUT2D eigenvalue weighted by Crippen LogP contribution is -1.93. The zero-order valence-corrected chi connectivity index (χ0v) is 10.1. The quantitative estimate of drug-likeness (QED) is 0.750. The van der Waals surface area contributed by atoms with Crippen LogP contribution in [-0.2, 0) is 7.05 Å². The summed E-state index contributed by atoms with van der Waals surface area (Å²) in [5.74, 6) is 3.36. The van der Waals surface area contributed by atoms with Crippen LogP contribution in [0.15, 0.2) is 36.7 Å². The van der Waals surface area contributed by atoms with Crippen molar-refractivity contribution in [1.82, 2.24) is 14.8 Å². The fourth-order valence-corrected chi connectivity index (χ4v) is 2.33. The van der Waals surface area contributed by atoms with Gasteiger partial charge in [0.25, 0.3) is 0 Å². The highest BCUT2D eigenvalue weighted by molar-refractivity contribution is 5.54. The summed E-state index contributed by atoms with van der Waals surface area (Å²) in [4.78, 5) is 4.14. The monoisotopic (exact) mass is 227 g/mol. The fraction of sp³-hybridized carbons (Fsp3) is 0.429. The standard InChI is InChI=1S/C9H9N3.C5H8/c1-12-9(10-7-11-12)8-5-3-2-4-6-8;1-2-5-3-4(1)5/h2-7H,1H3;4-5H,1-3H2. The number of hydrogen-bond acceptors (Lipinski definition) is 2. The van der Waals surface area contributed by atoms with Crippen LogP contribution in [0.4, 0.5) is 0 Å². The zero-order chi connectivity index (χ0) is 11.7. The van der Waals surface area contributed by atoms with Gasteiger partial charge in [0.15, 0.2) is 5.82 Å². The van der Waals surface area contributed by atoms with E-state index in [0.29, 0.717) is 0 Å². The zero-order valence-electron chi connectivity index (χ0n) is 10.1. The minimum absolute atomic E-state index is 0.899. The second kappa shape index (κ2) is 4.32. The molecule has 3 heteroatoms. The van der Waals surface area contributed by atoms with E-state index >= 15 is 0 Å². The van der Waals surface area contributed by atoms with E-state index < -0.39 is 0 Å². The Morgan fingerprint density at radius 1 is 1.12 bits per heavy atom. The molecule has 2 atom stereocenters. The van der Waals surface area contributed by atoms with Crippen molar-refractivity contribution < 1.29 is 0 Å². The van der Waals surface area contributed by atoms with Gasteiger partial charge in [0.2, 0.25) is 0 Å². The first-order valence-corrected chi connectivity index (χ1v) is 6.24. The number of fused-ring (bicyclic) bond motifs is 1. The summed E-state index contributed by atoms with van der Waals surface area (Å²) in [7, 11) is 1.88. The van der Waals surface area contributed by atoms with Crippen molar-refractivity contribution in [2.24, 2.45) is 18.9 Å². The van der Waals surface area contributed by atoms with Crippen LogP contribution in [-0.4, -0.2) is 14.8 Å². The second-order valence-electron chi connectivity index (χ2n) is 4.91. The third-order valence-corrected chi connectivity index (χ3v) is 3.72. The topological polar surface area (TPSA) is 30.7 Å². The Bertz CT molecular complexity index is 477. The van der Waals surface area contributed by atoms with Gasteiger partial charge >= 0.3 is 0 Å². The summed E-state index contributed by atoms with van der Waals surface area (Å²) in [6.45, 7) is 0. The van der Waals surface area contributed by atoms with Crippen molar-refractivity contribution in [1.29, 1.82) is 0 Å². The second-order valence-corrected chi connectivity index (χ2v) is 4.91. The molecule has 2 aliphatic carbocycles. The van der Waals surface area contributed by atoms with Crippen LogP contribution >= 0.6 is 0 Å². The van der Waals surface area contributed by atoms with E-state index in [1.54, 1.807) is 30.3 Å². The lowest BCUT2D eigenvalue weighted by atomic mass is 10.0. The van der Waals surface area contributed by atoms with E-state index in [9.17, 15) is 0 Å². The molecular weight excluding hydrogens is 210 g/mol. The maximum Gasteiger partial charge on any atom is 0.157 e. The van der Waals surface area contributed by atoms with E-state index in [-0.39, 0.29) is 0 Å². The number of aromatic nitrogens is 3.